The lowest BCUT2D eigenvalue weighted by atomic mass is 10.1. The Kier molecular flexibility index (Phi) is 5.17. The van der Waals surface area contributed by atoms with Crippen LogP contribution in [0.15, 0.2) is 18.2 Å². The molecule has 0 aromatic heterocycles. The van der Waals surface area contributed by atoms with Crippen LogP contribution in [0.4, 0.5) is 0 Å². The lowest BCUT2D eigenvalue weighted by Gasteiger charge is -2.07. The fraction of sp³-hybridized carbons (Fsp3) is 0.385. The highest BCUT2D eigenvalue weighted by Gasteiger charge is 2.10. The van der Waals surface area contributed by atoms with Crippen LogP contribution < -0.4 is 5.32 Å². The van der Waals surface area contributed by atoms with E-state index in [0.717, 1.165) is 5.56 Å². The molecule has 1 aromatic rings. The third-order valence-electron chi connectivity index (χ3n) is 2.47. The Labute approximate surface area is 106 Å². The van der Waals surface area contributed by atoms with Gasteiger partial charge >= 0.3 is 5.97 Å². The van der Waals surface area contributed by atoms with Crippen molar-refractivity contribution in [2.75, 3.05) is 13.7 Å². The number of carbonyl (C=O) groups is 2. The lowest BCUT2D eigenvalue weighted by molar-refractivity contribution is -0.140. The number of hydrogen-bond donors (Lipinski definition) is 2. The van der Waals surface area contributed by atoms with E-state index in [1.54, 1.807) is 12.1 Å². The van der Waals surface area contributed by atoms with Gasteiger partial charge in [-0.15, -0.1) is 0 Å². The lowest BCUT2D eigenvalue weighted by Crippen LogP contribution is -2.25. The minimum Gasteiger partial charge on any atom is -0.507 e. The summed E-state index contributed by atoms with van der Waals surface area (Å²) in [6.45, 7) is 2.19. The van der Waals surface area contributed by atoms with E-state index in [1.807, 2.05) is 6.92 Å². The Hall–Kier alpha value is -2.04. The highest BCUT2D eigenvalue weighted by molar-refractivity contribution is 5.96. The molecule has 5 heteroatoms. The van der Waals surface area contributed by atoms with Crippen molar-refractivity contribution in [1.29, 1.82) is 0 Å². The minimum atomic E-state index is -0.350. The van der Waals surface area contributed by atoms with Crippen molar-refractivity contribution in [3.63, 3.8) is 0 Å². The van der Waals surface area contributed by atoms with E-state index < -0.39 is 0 Å². The smallest absolute Gasteiger partial charge is 0.305 e. The second-order valence-corrected chi connectivity index (χ2v) is 3.96. The second kappa shape index (κ2) is 6.64. The first kappa shape index (κ1) is 14.0. The molecule has 0 radical (unpaired) electrons. The summed E-state index contributed by atoms with van der Waals surface area (Å²) in [5, 5.41) is 12.2. The van der Waals surface area contributed by atoms with Crippen LogP contribution in [0.3, 0.4) is 0 Å². The normalized spacial score (nSPS) is 9.89. The summed E-state index contributed by atoms with van der Waals surface area (Å²) in [6, 6.07) is 4.85. The summed E-state index contributed by atoms with van der Waals surface area (Å²) < 4.78 is 4.48. The molecule has 0 saturated carbocycles. The minimum absolute atomic E-state index is 0.0412. The van der Waals surface area contributed by atoms with Crippen LogP contribution in [0.25, 0.3) is 0 Å². The van der Waals surface area contributed by atoms with Gasteiger partial charge < -0.3 is 15.2 Å². The third-order valence-corrected chi connectivity index (χ3v) is 2.47. The first-order valence-corrected chi connectivity index (χ1v) is 5.69. The number of carbonyl (C=O) groups excluding carboxylic acids is 2. The van der Waals surface area contributed by atoms with Crippen LogP contribution in [0.1, 0.15) is 28.8 Å². The number of phenols is 1. The van der Waals surface area contributed by atoms with Gasteiger partial charge in [0.1, 0.15) is 5.75 Å². The van der Waals surface area contributed by atoms with Gasteiger partial charge in [0.25, 0.3) is 5.91 Å². The molecule has 0 aliphatic carbocycles. The van der Waals surface area contributed by atoms with E-state index in [4.69, 9.17) is 0 Å². The standard InChI is InChI=1S/C13H17NO4/c1-9-5-6-10(11(15)8-9)13(17)14-7-3-4-12(16)18-2/h5-6,8,15H,3-4,7H2,1-2H3,(H,14,17). The summed E-state index contributed by atoms with van der Waals surface area (Å²) in [4.78, 5) is 22.5. The van der Waals surface area contributed by atoms with Crippen molar-refractivity contribution < 1.29 is 19.4 Å². The van der Waals surface area contributed by atoms with Crippen molar-refractivity contribution in [3.8, 4) is 5.75 Å². The van der Waals surface area contributed by atoms with Crippen molar-refractivity contribution in [2.24, 2.45) is 0 Å². The first-order chi connectivity index (χ1) is 8.54. The number of aromatic hydroxyl groups is 1. The zero-order valence-corrected chi connectivity index (χ0v) is 10.5. The molecular formula is C13H17NO4. The number of amides is 1. The van der Waals surface area contributed by atoms with Gasteiger partial charge in [0.15, 0.2) is 0 Å². The Bertz CT molecular complexity index is 443. The molecule has 98 valence electrons. The maximum Gasteiger partial charge on any atom is 0.305 e. The first-order valence-electron chi connectivity index (χ1n) is 5.69. The van der Waals surface area contributed by atoms with E-state index in [-0.39, 0.29) is 29.6 Å². The van der Waals surface area contributed by atoms with Gasteiger partial charge in [0, 0.05) is 13.0 Å². The molecule has 0 unspecified atom stereocenters. The second-order valence-electron chi connectivity index (χ2n) is 3.96. The molecule has 0 spiro atoms. The van der Waals surface area contributed by atoms with Crippen molar-refractivity contribution in [3.05, 3.63) is 29.3 Å². The zero-order chi connectivity index (χ0) is 13.5. The predicted octanol–water partition coefficient (Wildman–Crippen LogP) is 1.38. The van der Waals surface area contributed by atoms with Crippen LogP contribution >= 0.6 is 0 Å². The summed E-state index contributed by atoms with van der Waals surface area (Å²) >= 11 is 0. The molecule has 0 atom stereocenters. The molecule has 0 aliphatic heterocycles. The van der Waals surface area contributed by atoms with Gasteiger partial charge in [-0.2, -0.15) is 0 Å². The number of aryl methyl sites for hydroxylation is 1. The number of hydrogen-bond acceptors (Lipinski definition) is 4. The molecule has 1 aromatic carbocycles. The maximum absolute atomic E-state index is 11.7. The number of esters is 1. The summed E-state index contributed by atoms with van der Waals surface area (Å²) in [7, 11) is 1.32. The van der Waals surface area contributed by atoms with E-state index in [1.165, 1.54) is 13.2 Å². The average Bonchev–Trinajstić information content (AvgIpc) is 2.34. The van der Waals surface area contributed by atoms with Crippen LogP contribution in [0.2, 0.25) is 0 Å². The maximum atomic E-state index is 11.7. The Morgan fingerprint density at radius 3 is 2.72 bits per heavy atom. The van der Waals surface area contributed by atoms with Gasteiger partial charge in [0.2, 0.25) is 0 Å². The molecule has 0 heterocycles. The van der Waals surface area contributed by atoms with Gasteiger partial charge in [0.05, 0.1) is 12.7 Å². The molecule has 2 N–H and O–H groups in total. The zero-order valence-electron chi connectivity index (χ0n) is 10.5. The van der Waals surface area contributed by atoms with Crippen LogP contribution in [0.5, 0.6) is 5.75 Å². The van der Waals surface area contributed by atoms with Crippen molar-refractivity contribution >= 4 is 11.9 Å². The molecule has 0 fully saturated rings. The molecule has 1 rings (SSSR count). The predicted molar refractivity (Wildman–Crippen MR) is 66.4 cm³/mol. The number of benzene rings is 1. The van der Waals surface area contributed by atoms with Gasteiger partial charge in [-0.1, -0.05) is 6.07 Å². The van der Waals surface area contributed by atoms with Crippen molar-refractivity contribution in [2.45, 2.75) is 19.8 Å². The molecule has 1 amide bonds. The molecule has 0 saturated heterocycles. The molecule has 5 nitrogen and oxygen atoms in total. The van der Waals surface area contributed by atoms with Crippen LogP contribution in [-0.2, 0) is 9.53 Å². The Morgan fingerprint density at radius 1 is 1.39 bits per heavy atom. The molecule has 0 aliphatic rings. The van der Waals surface area contributed by atoms with Crippen LogP contribution in [-0.4, -0.2) is 30.6 Å². The number of methoxy groups -OCH3 is 1. The Balaban J connectivity index is 2.43. The van der Waals surface area contributed by atoms with E-state index in [0.29, 0.717) is 13.0 Å². The summed E-state index contributed by atoms with van der Waals surface area (Å²) in [5.74, 6) is -0.694. The number of phenolic OH excluding ortho intramolecular Hbond substituents is 1. The van der Waals surface area contributed by atoms with Gasteiger partial charge in [-0.25, -0.2) is 0 Å². The van der Waals surface area contributed by atoms with Gasteiger partial charge in [-0.05, 0) is 31.0 Å². The molecule has 18 heavy (non-hydrogen) atoms. The van der Waals surface area contributed by atoms with Crippen LogP contribution in [0, 0.1) is 6.92 Å². The fourth-order valence-corrected chi connectivity index (χ4v) is 1.47. The largest absolute Gasteiger partial charge is 0.507 e. The van der Waals surface area contributed by atoms with E-state index in [2.05, 4.69) is 10.1 Å². The van der Waals surface area contributed by atoms with E-state index in [9.17, 15) is 14.7 Å². The van der Waals surface area contributed by atoms with Gasteiger partial charge in [-0.3, -0.25) is 9.59 Å². The number of rotatable bonds is 5. The highest BCUT2D eigenvalue weighted by atomic mass is 16.5. The number of nitrogens with one attached hydrogen (secondary N) is 1. The quantitative estimate of drug-likeness (QED) is 0.612. The van der Waals surface area contributed by atoms with Crippen molar-refractivity contribution in [1.82, 2.24) is 5.32 Å². The summed E-state index contributed by atoms with van der Waals surface area (Å²) in [6.07, 6.45) is 0.766. The van der Waals surface area contributed by atoms with E-state index >= 15 is 0 Å². The molecular weight excluding hydrogens is 234 g/mol. The monoisotopic (exact) mass is 251 g/mol. The third kappa shape index (κ3) is 4.08. The fourth-order valence-electron chi connectivity index (χ4n) is 1.47. The Morgan fingerprint density at radius 2 is 2.11 bits per heavy atom. The topological polar surface area (TPSA) is 75.6 Å². The number of ether oxygens (including phenoxy) is 1. The summed E-state index contributed by atoms with van der Waals surface area (Å²) in [5.41, 5.74) is 1.12. The highest BCUT2D eigenvalue weighted by Crippen LogP contribution is 2.17. The average molecular weight is 251 g/mol. The SMILES string of the molecule is COC(=O)CCCNC(=O)c1ccc(C)cc1O. The molecule has 0 bridgehead atoms.